The first-order chi connectivity index (χ1) is 10.3. The molecule has 130 valence electrons. The second-order valence-electron chi connectivity index (χ2n) is 5.92. The smallest absolute Gasteiger partial charge is 0.0167 e. The van der Waals surface area contributed by atoms with Gasteiger partial charge in [0.15, 0.2) is 0 Å². The minimum Gasteiger partial charge on any atom is -0.323 e. The maximum absolute atomic E-state index is 2.75. The van der Waals surface area contributed by atoms with Crippen LogP contribution in [0.25, 0.3) is 0 Å². The molecule has 22 heavy (non-hydrogen) atoms. The molecule has 1 aromatic carbocycles. The second-order valence-corrected chi connectivity index (χ2v) is 5.92. The van der Waals surface area contributed by atoms with Crippen molar-refractivity contribution >= 4 is 12.4 Å². The van der Waals surface area contributed by atoms with Crippen molar-refractivity contribution in [3.8, 4) is 0 Å². The lowest BCUT2D eigenvalue weighted by Gasteiger charge is -2.03. The third-order valence-electron chi connectivity index (χ3n) is 3.66. The molecule has 0 heterocycles. The first-order valence-electron chi connectivity index (χ1n) is 8.97. The first-order valence-corrected chi connectivity index (χ1v) is 8.97. The SMILES string of the molecule is CCCCCCCCCCCCc1ccccc1.CNC.Cl. The van der Waals surface area contributed by atoms with Crippen molar-refractivity contribution in [2.75, 3.05) is 14.1 Å². The Morgan fingerprint density at radius 2 is 1.09 bits per heavy atom. The molecule has 0 aromatic heterocycles. The van der Waals surface area contributed by atoms with E-state index in [4.69, 9.17) is 0 Å². The number of hydrogen-bond donors (Lipinski definition) is 1. The zero-order valence-corrected chi connectivity index (χ0v) is 15.9. The standard InChI is InChI=1S/C18H30.C2H7N.ClH/c1-2-3-4-5-6-7-8-9-10-12-15-18-16-13-11-14-17-18;1-3-2;/h11,13-14,16-17H,2-10,12,15H2,1H3;3H,1-2H3;1H. The molecule has 1 rings (SSSR count). The quantitative estimate of drug-likeness (QED) is 0.463. The zero-order valence-electron chi connectivity index (χ0n) is 15.1. The van der Waals surface area contributed by atoms with Crippen LogP contribution in [0.5, 0.6) is 0 Å². The van der Waals surface area contributed by atoms with Gasteiger partial charge in [-0.3, -0.25) is 0 Å². The second kappa shape index (κ2) is 20.5. The highest BCUT2D eigenvalue weighted by atomic mass is 35.5. The van der Waals surface area contributed by atoms with Gasteiger partial charge in [0.25, 0.3) is 0 Å². The Hall–Kier alpha value is -0.530. The third kappa shape index (κ3) is 17.5. The van der Waals surface area contributed by atoms with E-state index in [2.05, 4.69) is 42.6 Å². The molecule has 0 saturated carbocycles. The fraction of sp³-hybridized carbons (Fsp3) is 0.700. The minimum atomic E-state index is 0. The number of hydrogen-bond acceptors (Lipinski definition) is 1. The van der Waals surface area contributed by atoms with Crippen molar-refractivity contribution in [2.24, 2.45) is 0 Å². The molecule has 0 bridgehead atoms. The molecule has 1 nitrogen and oxygen atoms in total. The maximum Gasteiger partial charge on any atom is -0.0167 e. The molecule has 0 amide bonds. The Morgan fingerprint density at radius 1 is 0.682 bits per heavy atom. The van der Waals surface area contributed by atoms with Crippen LogP contribution in [0.15, 0.2) is 30.3 Å². The largest absolute Gasteiger partial charge is 0.323 e. The molecular weight excluding hydrogens is 290 g/mol. The fourth-order valence-electron chi connectivity index (χ4n) is 2.46. The Bertz CT molecular complexity index is 287. The van der Waals surface area contributed by atoms with Gasteiger partial charge >= 0.3 is 0 Å². The molecule has 2 heteroatoms. The molecule has 1 N–H and O–H groups in total. The summed E-state index contributed by atoms with van der Waals surface area (Å²) in [5, 5.41) is 2.75. The monoisotopic (exact) mass is 327 g/mol. The average molecular weight is 328 g/mol. The van der Waals surface area contributed by atoms with Crippen molar-refractivity contribution in [3.05, 3.63) is 35.9 Å². The van der Waals surface area contributed by atoms with Crippen molar-refractivity contribution < 1.29 is 0 Å². The summed E-state index contributed by atoms with van der Waals surface area (Å²) in [6.45, 7) is 2.28. The van der Waals surface area contributed by atoms with Gasteiger partial charge in [-0.25, -0.2) is 0 Å². The van der Waals surface area contributed by atoms with Crippen LogP contribution in [-0.4, -0.2) is 14.1 Å². The van der Waals surface area contributed by atoms with Gasteiger partial charge in [0, 0.05) is 0 Å². The van der Waals surface area contributed by atoms with Crippen LogP contribution in [0.2, 0.25) is 0 Å². The first kappa shape index (κ1) is 23.7. The number of nitrogens with one attached hydrogen (secondary N) is 1. The van der Waals surface area contributed by atoms with Crippen molar-refractivity contribution in [1.82, 2.24) is 5.32 Å². The Kier molecular flexibility index (Phi) is 22.1. The summed E-state index contributed by atoms with van der Waals surface area (Å²) < 4.78 is 0. The van der Waals surface area contributed by atoms with E-state index in [0.29, 0.717) is 0 Å². The topological polar surface area (TPSA) is 12.0 Å². The van der Waals surface area contributed by atoms with E-state index in [9.17, 15) is 0 Å². The van der Waals surface area contributed by atoms with Crippen molar-refractivity contribution in [3.63, 3.8) is 0 Å². The number of benzene rings is 1. The summed E-state index contributed by atoms with van der Waals surface area (Å²) in [5.74, 6) is 0. The van der Waals surface area contributed by atoms with E-state index >= 15 is 0 Å². The normalized spacial score (nSPS) is 9.59. The molecule has 0 atom stereocenters. The van der Waals surface area contributed by atoms with Crippen LogP contribution in [-0.2, 0) is 6.42 Å². The average Bonchev–Trinajstić information content (AvgIpc) is 2.51. The zero-order chi connectivity index (χ0) is 15.6. The lowest BCUT2D eigenvalue weighted by molar-refractivity contribution is 0.556. The van der Waals surface area contributed by atoms with Gasteiger partial charge in [-0.2, -0.15) is 0 Å². The summed E-state index contributed by atoms with van der Waals surface area (Å²) >= 11 is 0. The van der Waals surface area contributed by atoms with Gasteiger partial charge in [0.1, 0.15) is 0 Å². The molecule has 0 saturated heterocycles. The van der Waals surface area contributed by atoms with Crippen LogP contribution in [0.3, 0.4) is 0 Å². The van der Waals surface area contributed by atoms with Gasteiger partial charge in [0.05, 0.1) is 0 Å². The van der Waals surface area contributed by atoms with E-state index in [1.54, 1.807) is 0 Å². The molecule has 0 aliphatic heterocycles. The van der Waals surface area contributed by atoms with E-state index < -0.39 is 0 Å². The van der Waals surface area contributed by atoms with Crippen LogP contribution in [0.4, 0.5) is 0 Å². The van der Waals surface area contributed by atoms with Crippen molar-refractivity contribution in [1.29, 1.82) is 0 Å². The van der Waals surface area contributed by atoms with Crippen LogP contribution >= 0.6 is 12.4 Å². The number of rotatable bonds is 11. The molecule has 0 spiro atoms. The highest BCUT2D eigenvalue weighted by Crippen LogP contribution is 2.12. The number of unbranched alkanes of at least 4 members (excludes halogenated alkanes) is 9. The van der Waals surface area contributed by atoms with Crippen LogP contribution in [0, 0.1) is 0 Å². The van der Waals surface area contributed by atoms with Crippen LogP contribution < -0.4 is 5.32 Å². The Morgan fingerprint density at radius 3 is 1.55 bits per heavy atom. The lowest BCUT2D eigenvalue weighted by Crippen LogP contribution is -1.89. The summed E-state index contributed by atoms with van der Waals surface area (Å²) in [5.41, 5.74) is 1.50. The molecule has 0 unspecified atom stereocenters. The van der Waals surface area contributed by atoms with E-state index in [1.165, 1.54) is 76.2 Å². The van der Waals surface area contributed by atoms with Crippen molar-refractivity contribution in [2.45, 2.75) is 77.6 Å². The van der Waals surface area contributed by atoms with Crippen LogP contribution in [0.1, 0.15) is 76.7 Å². The minimum absolute atomic E-state index is 0. The van der Waals surface area contributed by atoms with Gasteiger partial charge in [-0.15, -0.1) is 12.4 Å². The third-order valence-corrected chi connectivity index (χ3v) is 3.66. The highest BCUT2D eigenvalue weighted by Gasteiger charge is 1.94. The lowest BCUT2D eigenvalue weighted by atomic mass is 10.0. The van der Waals surface area contributed by atoms with E-state index in [-0.39, 0.29) is 12.4 Å². The highest BCUT2D eigenvalue weighted by molar-refractivity contribution is 5.85. The Balaban J connectivity index is 0. The van der Waals surface area contributed by atoms with E-state index in [0.717, 1.165) is 0 Å². The predicted molar refractivity (Wildman–Crippen MR) is 104 cm³/mol. The molecule has 0 radical (unpaired) electrons. The molecule has 0 fully saturated rings. The number of halogens is 1. The molecule has 0 aliphatic rings. The molecule has 1 aromatic rings. The predicted octanol–water partition coefficient (Wildman–Crippen LogP) is 6.41. The van der Waals surface area contributed by atoms with E-state index in [1.807, 2.05) is 14.1 Å². The Labute approximate surface area is 145 Å². The fourth-order valence-corrected chi connectivity index (χ4v) is 2.46. The number of aryl methyl sites for hydroxylation is 1. The van der Waals surface area contributed by atoms with Gasteiger partial charge in [0.2, 0.25) is 0 Å². The summed E-state index contributed by atoms with van der Waals surface area (Å²) in [7, 11) is 3.75. The summed E-state index contributed by atoms with van der Waals surface area (Å²) in [4.78, 5) is 0. The maximum atomic E-state index is 2.75. The molecular formula is C20H38ClN. The molecule has 0 aliphatic carbocycles. The van der Waals surface area contributed by atoms with Gasteiger partial charge < -0.3 is 5.32 Å². The summed E-state index contributed by atoms with van der Waals surface area (Å²) in [6, 6.07) is 10.9. The summed E-state index contributed by atoms with van der Waals surface area (Å²) in [6.07, 6.45) is 15.5. The van der Waals surface area contributed by atoms with Gasteiger partial charge in [-0.05, 0) is 32.5 Å². The van der Waals surface area contributed by atoms with Gasteiger partial charge in [-0.1, -0.05) is 95.0 Å².